The van der Waals surface area contributed by atoms with Crippen molar-refractivity contribution in [2.75, 3.05) is 13.7 Å². The van der Waals surface area contributed by atoms with Gasteiger partial charge in [-0.25, -0.2) is 0 Å². The van der Waals surface area contributed by atoms with Crippen LogP contribution in [0.1, 0.15) is 23.2 Å². The monoisotopic (exact) mass is 221 g/mol. The highest BCUT2D eigenvalue weighted by atomic mass is 16.5. The van der Waals surface area contributed by atoms with Crippen molar-refractivity contribution in [3.63, 3.8) is 0 Å². The van der Waals surface area contributed by atoms with Gasteiger partial charge in [0.2, 0.25) is 0 Å². The topological polar surface area (TPSA) is 58.6 Å². The largest absolute Gasteiger partial charge is 0.508 e. The number of carbonyl (C=O) groups excluding carboxylic acids is 1. The molecular formula is C12H15NO3. The van der Waals surface area contributed by atoms with Gasteiger partial charge >= 0.3 is 0 Å². The second kappa shape index (κ2) is 4.43. The van der Waals surface area contributed by atoms with Gasteiger partial charge in [-0.3, -0.25) is 4.79 Å². The van der Waals surface area contributed by atoms with Gasteiger partial charge in [0.1, 0.15) is 11.5 Å². The number of hydrogen-bond donors (Lipinski definition) is 2. The van der Waals surface area contributed by atoms with Gasteiger partial charge < -0.3 is 15.2 Å². The van der Waals surface area contributed by atoms with Crippen molar-refractivity contribution in [1.29, 1.82) is 0 Å². The van der Waals surface area contributed by atoms with Gasteiger partial charge in [0.15, 0.2) is 0 Å². The molecule has 86 valence electrons. The molecule has 0 bridgehead atoms. The summed E-state index contributed by atoms with van der Waals surface area (Å²) in [6, 6.07) is 4.58. The summed E-state index contributed by atoms with van der Waals surface area (Å²) in [7, 11) is 1.55. The molecule has 1 aliphatic rings. The fourth-order valence-corrected chi connectivity index (χ4v) is 1.44. The van der Waals surface area contributed by atoms with Crippen LogP contribution in [0.2, 0.25) is 0 Å². The molecule has 1 aliphatic carbocycles. The molecule has 0 saturated heterocycles. The minimum Gasteiger partial charge on any atom is -0.508 e. The van der Waals surface area contributed by atoms with Crippen LogP contribution < -0.4 is 10.1 Å². The highest BCUT2D eigenvalue weighted by Gasteiger charge is 2.22. The van der Waals surface area contributed by atoms with Gasteiger partial charge in [-0.05, 0) is 30.9 Å². The first kappa shape index (κ1) is 10.8. The molecule has 0 atom stereocenters. The molecule has 0 heterocycles. The van der Waals surface area contributed by atoms with Crippen molar-refractivity contribution >= 4 is 5.91 Å². The van der Waals surface area contributed by atoms with Crippen molar-refractivity contribution in [2.24, 2.45) is 5.92 Å². The predicted octanol–water partition coefficient (Wildman–Crippen LogP) is 1.54. The fraction of sp³-hybridized carbons (Fsp3) is 0.417. The van der Waals surface area contributed by atoms with Crippen LogP contribution in [0.4, 0.5) is 0 Å². The summed E-state index contributed by atoms with van der Waals surface area (Å²) in [4.78, 5) is 11.4. The van der Waals surface area contributed by atoms with Crippen molar-refractivity contribution in [2.45, 2.75) is 12.8 Å². The van der Waals surface area contributed by atoms with Crippen molar-refractivity contribution in [1.82, 2.24) is 5.32 Å². The van der Waals surface area contributed by atoms with E-state index < -0.39 is 0 Å². The molecule has 1 amide bonds. The Labute approximate surface area is 94.2 Å². The summed E-state index contributed by atoms with van der Waals surface area (Å²) in [5.41, 5.74) is 0.410. The summed E-state index contributed by atoms with van der Waals surface area (Å²) in [5, 5.41) is 12.0. The molecule has 0 spiro atoms. The number of amides is 1. The second-order valence-electron chi connectivity index (χ2n) is 4.05. The molecule has 0 aliphatic heterocycles. The van der Waals surface area contributed by atoms with Crippen LogP contribution in [0.3, 0.4) is 0 Å². The molecule has 0 aromatic heterocycles. The standard InChI is InChI=1S/C12H15NO3/c1-13-12(15)9-4-10(14)6-11(5-9)16-7-8-2-3-8/h4-6,8,14H,2-3,7H2,1H3,(H,13,15). The number of rotatable bonds is 4. The van der Waals surface area contributed by atoms with Crippen molar-refractivity contribution in [3.8, 4) is 11.5 Å². The van der Waals surface area contributed by atoms with E-state index >= 15 is 0 Å². The Morgan fingerprint density at radius 3 is 2.88 bits per heavy atom. The summed E-state index contributed by atoms with van der Waals surface area (Å²) in [6.07, 6.45) is 2.42. The number of hydrogen-bond acceptors (Lipinski definition) is 3. The number of nitrogens with one attached hydrogen (secondary N) is 1. The van der Waals surface area contributed by atoms with Crippen molar-refractivity contribution < 1.29 is 14.6 Å². The number of aromatic hydroxyl groups is 1. The Hall–Kier alpha value is -1.71. The first-order chi connectivity index (χ1) is 7.69. The van der Waals surface area contributed by atoms with Crippen LogP contribution in [0.15, 0.2) is 18.2 Å². The van der Waals surface area contributed by atoms with E-state index in [1.807, 2.05) is 0 Å². The van der Waals surface area contributed by atoms with Crippen LogP contribution in [0.25, 0.3) is 0 Å². The molecular weight excluding hydrogens is 206 g/mol. The predicted molar refractivity (Wildman–Crippen MR) is 59.7 cm³/mol. The Bertz CT molecular complexity index is 399. The Balaban J connectivity index is 2.10. The number of phenolic OH excluding ortho intramolecular Hbond substituents is 1. The number of carbonyl (C=O) groups is 1. The Kier molecular flexibility index (Phi) is 2.99. The fourth-order valence-electron chi connectivity index (χ4n) is 1.44. The van der Waals surface area contributed by atoms with Gasteiger partial charge in [0.05, 0.1) is 6.61 Å². The summed E-state index contributed by atoms with van der Waals surface area (Å²) in [5.74, 6) is 1.01. The van der Waals surface area contributed by atoms with Crippen LogP contribution >= 0.6 is 0 Å². The molecule has 0 unspecified atom stereocenters. The SMILES string of the molecule is CNC(=O)c1cc(O)cc(OCC2CC2)c1. The zero-order valence-electron chi connectivity index (χ0n) is 9.19. The lowest BCUT2D eigenvalue weighted by atomic mass is 10.2. The van der Waals surface area contributed by atoms with Gasteiger partial charge in [0, 0.05) is 18.7 Å². The zero-order valence-corrected chi connectivity index (χ0v) is 9.19. The molecule has 1 aromatic rings. The van der Waals surface area contributed by atoms with Crippen molar-refractivity contribution in [3.05, 3.63) is 23.8 Å². The highest BCUT2D eigenvalue weighted by Crippen LogP contribution is 2.30. The Morgan fingerprint density at radius 1 is 1.50 bits per heavy atom. The first-order valence-electron chi connectivity index (χ1n) is 5.38. The quantitative estimate of drug-likeness (QED) is 0.810. The van der Waals surface area contributed by atoms with E-state index in [4.69, 9.17) is 4.74 Å². The molecule has 1 aromatic carbocycles. The molecule has 4 heteroatoms. The molecule has 0 radical (unpaired) electrons. The van der Waals surface area contributed by atoms with E-state index in [1.165, 1.54) is 25.0 Å². The number of benzene rings is 1. The van der Waals surface area contributed by atoms with Crippen LogP contribution in [-0.2, 0) is 0 Å². The van der Waals surface area contributed by atoms with Gasteiger partial charge in [0.25, 0.3) is 5.91 Å². The van der Waals surface area contributed by atoms with E-state index in [0.29, 0.717) is 23.8 Å². The highest BCUT2D eigenvalue weighted by molar-refractivity contribution is 5.94. The average Bonchev–Trinajstić information content (AvgIpc) is 3.08. The van der Waals surface area contributed by atoms with Gasteiger partial charge in [-0.15, -0.1) is 0 Å². The van der Waals surface area contributed by atoms with Crippen LogP contribution in [0, 0.1) is 5.92 Å². The van der Waals surface area contributed by atoms with E-state index in [0.717, 1.165) is 0 Å². The summed E-state index contributed by atoms with van der Waals surface area (Å²) in [6.45, 7) is 0.663. The van der Waals surface area contributed by atoms with Gasteiger partial charge in [-0.2, -0.15) is 0 Å². The maximum absolute atomic E-state index is 11.4. The first-order valence-corrected chi connectivity index (χ1v) is 5.38. The third-order valence-electron chi connectivity index (χ3n) is 2.56. The third kappa shape index (κ3) is 2.66. The number of ether oxygens (including phenoxy) is 1. The minimum atomic E-state index is -0.229. The molecule has 16 heavy (non-hydrogen) atoms. The molecule has 1 saturated carbocycles. The van der Waals surface area contributed by atoms with Gasteiger partial charge in [-0.1, -0.05) is 0 Å². The molecule has 1 fully saturated rings. The lowest BCUT2D eigenvalue weighted by Crippen LogP contribution is -2.17. The molecule has 2 N–H and O–H groups in total. The van der Waals surface area contributed by atoms with E-state index in [2.05, 4.69) is 5.32 Å². The maximum atomic E-state index is 11.4. The van der Waals surface area contributed by atoms with Crippen LogP contribution in [0.5, 0.6) is 11.5 Å². The third-order valence-corrected chi connectivity index (χ3v) is 2.56. The summed E-state index contributed by atoms with van der Waals surface area (Å²) >= 11 is 0. The van der Waals surface area contributed by atoms with E-state index in [-0.39, 0.29) is 11.7 Å². The second-order valence-corrected chi connectivity index (χ2v) is 4.05. The maximum Gasteiger partial charge on any atom is 0.251 e. The summed E-state index contributed by atoms with van der Waals surface area (Å²) < 4.78 is 5.51. The van der Waals surface area contributed by atoms with E-state index in [1.54, 1.807) is 13.1 Å². The Morgan fingerprint density at radius 2 is 2.25 bits per heavy atom. The van der Waals surface area contributed by atoms with Crippen LogP contribution in [-0.4, -0.2) is 24.7 Å². The molecule has 2 rings (SSSR count). The average molecular weight is 221 g/mol. The molecule has 4 nitrogen and oxygen atoms in total. The zero-order chi connectivity index (χ0) is 11.5. The lowest BCUT2D eigenvalue weighted by Gasteiger charge is -2.07. The normalized spacial score (nSPS) is 14.6. The number of phenols is 1. The lowest BCUT2D eigenvalue weighted by molar-refractivity contribution is 0.0962. The van der Waals surface area contributed by atoms with E-state index in [9.17, 15) is 9.90 Å². The smallest absolute Gasteiger partial charge is 0.251 e. The minimum absolute atomic E-state index is 0.0481.